The lowest BCUT2D eigenvalue weighted by Crippen LogP contribution is -2.25. The van der Waals surface area contributed by atoms with Crippen molar-refractivity contribution in [3.05, 3.63) is 17.0 Å². The first-order valence-electron chi connectivity index (χ1n) is 7.93. The van der Waals surface area contributed by atoms with Crippen LogP contribution in [-0.2, 0) is 11.3 Å². The van der Waals surface area contributed by atoms with Crippen LogP contribution in [0.4, 0.5) is 0 Å². The number of rotatable bonds is 6. The zero-order valence-electron chi connectivity index (χ0n) is 13.6. The van der Waals surface area contributed by atoms with Crippen LogP contribution in [0.15, 0.2) is 0 Å². The quantitative estimate of drug-likeness (QED) is 0.876. The number of carbonyl (C=O) groups is 1. The first-order valence-corrected chi connectivity index (χ1v) is 7.93. The first-order chi connectivity index (χ1) is 9.93. The number of carboxylic acids is 1. The van der Waals surface area contributed by atoms with E-state index in [1.807, 2.05) is 0 Å². The maximum Gasteiger partial charge on any atom is 0.303 e. The van der Waals surface area contributed by atoms with E-state index in [1.54, 1.807) is 0 Å². The maximum atomic E-state index is 10.7. The van der Waals surface area contributed by atoms with E-state index >= 15 is 0 Å². The summed E-state index contributed by atoms with van der Waals surface area (Å²) in [6.45, 7) is 11.6. The van der Waals surface area contributed by atoms with Crippen LogP contribution in [0.3, 0.4) is 0 Å². The Labute approximate surface area is 126 Å². The highest BCUT2D eigenvalue weighted by Gasteiger charge is 2.29. The molecule has 0 aromatic carbocycles. The van der Waals surface area contributed by atoms with Gasteiger partial charge in [-0.15, -0.1) is 0 Å². The molecule has 1 aliphatic rings. The Hall–Kier alpha value is -1.36. The Morgan fingerprint density at radius 2 is 2.19 bits per heavy atom. The lowest BCUT2D eigenvalue weighted by atomic mass is 10.0. The average Bonchev–Trinajstić information content (AvgIpc) is 3.01. The van der Waals surface area contributed by atoms with Gasteiger partial charge in [-0.2, -0.15) is 5.10 Å². The molecule has 0 spiro atoms. The van der Waals surface area contributed by atoms with Crippen molar-refractivity contribution < 1.29 is 9.90 Å². The summed E-state index contributed by atoms with van der Waals surface area (Å²) < 4.78 is 2.07. The van der Waals surface area contributed by atoms with Crippen molar-refractivity contribution in [1.29, 1.82) is 0 Å². The van der Waals surface area contributed by atoms with Crippen LogP contribution < -0.4 is 0 Å². The van der Waals surface area contributed by atoms with Gasteiger partial charge < -0.3 is 5.11 Å². The monoisotopic (exact) mass is 293 g/mol. The third-order valence-corrected chi connectivity index (χ3v) is 4.79. The summed E-state index contributed by atoms with van der Waals surface area (Å²) >= 11 is 0. The SMILES string of the molecule is CCn1nc(C)c(C(C)N2CCC(CCC(=O)O)C2)c1C. The highest BCUT2D eigenvalue weighted by molar-refractivity contribution is 5.66. The van der Waals surface area contributed by atoms with Gasteiger partial charge in [0.15, 0.2) is 0 Å². The molecule has 2 heterocycles. The fourth-order valence-corrected chi connectivity index (χ4v) is 3.58. The minimum absolute atomic E-state index is 0.290. The zero-order valence-corrected chi connectivity index (χ0v) is 13.6. The van der Waals surface area contributed by atoms with E-state index < -0.39 is 5.97 Å². The molecule has 0 radical (unpaired) electrons. The van der Waals surface area contributed by atoms with Crippen LogP contribution in [-0.4, -0.2) is 38.8 Å². The van der Waals surface area contributed by atoms with Crippen molar-refractivity contribution in [3.8, 4) is 0 Å². The number of aliphatic carboxylic acids is 1. The van der Waals surface area contributed by atoms with Crippen LogP contribution >= 0.6 is 0 Å². The van der Waals surface area contributed by atoms with Crippen LogP contribution in [0.2, 0.25) is 0 Å². The molecule has 21 heavy (non-hydrogen) atoms. The smallest absolute Gasteiger partial charge is 0.303 e. The van der Waals surface area contributed by atoms with Crippen molar-refractivity contribution in [2.75, 3.05) is 13.1 Å². The second-order valence-electron chi connectivity index (χ2n) is 6.16. The van der Waals surface area contributed by atoms with E-state index in [-0.39, 0.29) is 0 Å². The second kappa shape index (κ2) is 6.60. The minimum atomic E-state index is -0.683. The molecule has 0 aliphatic carbocycles. The van der Waals surface area contributed by atoms with Crippen LogP contribution in [0.5, 0.6) is 0 Å². The van der Waals surface area contributed by atoms with E-state index in [1.165, 1.54) is 11.3 Å². The van der Waals surface area contributed by atoms with Gasteiger partial charge in [0.2, 0.25) is 0 Å². The third-order valence-electron chi connectivity index (χ3n) is 4.79. The molecule has 1 N–H and O–H groups in total. The Morgan fingerprint density at radius 1 is 1.48 bits per heavy atom. The summed E-state index contributed by atoms with van der Waals surface area (Å²) in [6, 6.07) is 0.361. The van der Waals surface area contributed by atoms with Gasteiger partial charge in [-0.1, -0.05) is 0 Å². The molecular weight excluding hydrogens is 266 g/mol. The molecule has 118 valence electrons. The maximum absolute atomic E-state index is 10.7. The molecule has 1 fully saturated rings. The largest absolute Gasteiger partial charge is 0.481 e. The van der Waals surface area contributed by atoms with Crippen LogP contribution in [0.1, 0.15) is 56.1 Å². The molecule has 2 rings (SSSR count). The molecule has 2 unspecified atom stereocenters. The van der Waals surface area contributed by atoms with Crippen molar-refractivity contribution in [3.63, 3.8) is 0 Å². The number of aromatic nitrogens is 2. The third kappa shape index (κ3) is 3.46. The summed E-state index contributed by atoms with van der Waals surface area (Å²) in [5, 5.41) is 13.4. The summed E-state index contributed by atoms with van der Waals surface area (Å²) in [7, 11) is 0. The summed E-state index contributed by atoms with van der Waals surface area (Å²) in [6.07, 6.45) is 2.20. The Kier molecular flexibility index (Phi) is 5.04. The van der Waals surface area contributed by atoms with Gasteiger partial charge in [-0.3, -0.25) is 14.4 Å². The van der Waals surface area contributed by atoms with Crippen molar-refractivity contribution in [1.82, 2.24) is 14.7 Å². The Bertz CT molecular complexity index is 510. The molecule has 1 aromatic heterocycles. The molecule has 5 heteroatoms. The van der Waals surface area contributed by atoms with Gasteiger partial charge in [0.05, 0.1) is 5.69 Å². The first kappa shape index (κ1) is 16.0. The Balaban J connectivity index is 2.03. The van der Waals surface area contributed by atoms with Crippen molar-refractivity contribution in [2.45, 2.75) is 59.5 Å². The number of carboxylic acid groups (broad SMARTS) is 1. The number of nitrogens with zero attached hydrogens (tertiary/aromatic N) is 3. The molecule has 1 saturated heterocycles. The highest BCUT2D eigenvalue weighted by atomic mass is 16.4. The highest BCUT2D eigenvalue weighted by Crippen LogP contribution is 2.32. The van der Waals surface area contributed by atoms with E-state index in [2.05, 4.69) is 42.4 Å². The fourth-order valence-electron chi connectivity index (χ4n) is 3.58. The number of hydrogen-bond donors (Lipinski definition) is 1. The van der Waals surface area contributed by atoms with E-state index in [4.69, 9.17) is 5.11 Å². The van der Waals surface area contributed by atoms with Gasteiger partial charge in [-0.05, 0) is 53.0 Å². The normalized spacial score (nSPS) is 20.9. The topological polar surface area (TPSA) is 58.4 Å². The van der Waals surface area contributed by atoms with Gasteiger partial charge in [0.1, 0.15) is 0 Å². The van der Waals surface area contributed by atoms with Crippen molar-refractivity contribution >= 4 is 5.97 Å². The molecule has 5 nitrogen and oxygen atoms in total. The number of aryl methyl sites for hydroxylation is 2. The van der Waals surface area contributed by atoms with Gasteiger partial charge in [0.25, 0.3) is 0 Å². The summed E-state index contributed by atoms with van der Waals surface area (Å²) in [5.41, 5.74) is 3.73. The predicted octanol–water partition coefficient (Wildman–Crippen LogP) is 2.77. The molecule has 2 atom stereocenters. The fraction of sp³-hybridized carbons (Fsp3) is 0.750. The van der Waals surface area contributed by atoms with E-state index in [0.717, 1.165) is 38.2 Å². The molecule has 1 aromatic rings. The minimum Gasteiger partial charge on any atom is -0.481 e. The predicted molar refractivity (Wildman–Crippen MR) is 82.3 cm³/mol. The number of likely N-dealkylation sites (tertiary alicyclic amines) is 1. The second-order valence-corrected chi connectivity index (χ2v) is 6.16. The zero-order chi connectivity index (χ0) is 15.6. The Morgan fingerprint density at radius 3 is 2.76 bits per heavy atom. The van der Waals surface area contributed by atoms with Crippen LogP contribution in [0.25, 0.3) is 0 Å². The lowest BCUT2D eigenvalue weighted by molar-refractivity contribution is -0.137. The summed E-state index contributed by atoms with van der Waals surface area (Å²) in [5.74, 6) is -0.164. The molecule has 0 amide bonds. The van der Waals surface area contributed by atoms with Gasteiger partial charge in [-0.25, -0.2) is 0 Å². The van der Waals surface area contributed by atoms with E-state index in [0.29, 0.717) is 18.4 Å². The van der Waals surface area contributed by atoms with Gasteiger partial charge in [0, 0.05) is 36.8 Å². The molecule has 0 bridgehead atoms. The summed E-state index contributed by atoms with van der Waals surface area (Å²) in [4.78, 5) is 13.2. The lowest BCUT2D eigenvalue weighted by Gasteiger charge is -2.25. The average molecular weight is 293 g/mol. The number of hydrogen-bond acceptors (Lipinski definition) is 3. The van der Waals surface area contributed by atoms with Crippen molar-refractivity contribution in [2.24, 2.45) is 5.92 Å². The standard InChI is InChI=1S/C16H27N3O2/c1-5-19-13(4)16(11(2)17-19)12(3)18-9-8-14(10-18)6-7-15(20)21/h12,14H,5-10H2,1-4H3,(H,20,21). The molecule has 0 saturated carbocycles. The van der Waals surface area contributed by atoms with Gasteiger partial charge >= 0.3 is 5.97 Å². The van der Waals surface area contributed by atoms with E-state index in [9.17, 15) is 4.79 Å². The molecular formula is C16H27N3O2. The van der Waals surface area contributed by atoms with Crippen LogP contribution in [0, 0.1) is 19.8 Å². The molecule has 1 aliphatic heterocycles.